The van der Waals surface area contributed by atoms with Crippen molar-refractivity contribution in [1.29, 1.82) is 0 Å². The molecule has 1 amide bonds. The second-order valence-corrected chi connectivity index (χ2v) is 4.73. The maximum absolute atomic E-state index is 11.7. The molecule has 86 valence electrons. The zero-order valence-corrected chi connectivity index (χ0v) is 9.41. The SMILES string of the molecule is CC1CNC(=O)C(CN)N1C1CCCC1. The average Bonchev–Trinajstić information content (AvgIpc) is 2.74. The van der Waals surface area contributed by atoms with Crippen LogP contribution in [0.25, 0.3) is 0 Å². The van der Waals surface area contributed by atoms with Crippen LogP contribution in [0, 0.1) is 0 Å². The molecule has 4 nitrogen and oxygen atoms in total. The molecule has 2 rings (SSSR count). The number of carbonyl (C=O) groups is 1. The highest BCUT2D eigenvalue weighted by Gasteiger charge is 2.38. The van der Waals surface area contributed by atoms with Gasteiger partial charge in [0.1, 0.15) is 6.04 Å². The van der Waals surface area contributed by atoms with Gasteiger partial charge in [0.25, 0.3) is 0 Å². The first-order valence-electron chi connectivity index (χ1n) is 5.99. The van der Waals surface area contributed by atoms with Gasteiger partial charge >= 0.3 is 0 Å². The lowest BCUT2D eigenvalue weighted by Crippen LogP contribution is -2.64. The summed E-state index contributed by atoms with van der Waals surface area (Å²) in [4.78, 5) is 14.1. The molecule has 0 bridgehead atoms. The van der Waals surface area contributed by atoms with E-state index in [4.69, 9.17) is 5.73 Å². The van der Waals surface area contributed by atoms with Crippen LogP contribution in [0.5, 0.6) is 0 Å². The standard InChI is InChI=1S/C11H21N3O/c1-8-7-13-11(15)10(6-12)14(8)9-4-2-3-5-9/h8-10H,2-7,12H2,1H3,(H,13,15). The highest BCUT2D eigenvalue weighted by molar-refractivity contribution is 5.83. The van der Waals surface area contributed by atoms with E-state index < -0.39 is 0 Å². The summed E-state index contributed by atoms with van der Waals surface area (Å²) in [5.74, 6) is 0.113. The van der Waals surface area contributed by atoms with Crippen LogP contribution < -0.4 is 11.1 Å². The number of nitrogens with zero attached hydrogens (tertiary/aromatic N) is 1. The van der Waals surface area contributed by atoms with Gasteiger partial charge in [-0.3, -0.25) is 9.69 Å². The zero-order chi connectivity index (χ0) is 10.8. The molecule has 1 heterocycles. The molecule has 0 spiro atoms. The summed E-state index contributed by atoms with van der Waals surface area (Å²) in [6.07, 6.45) is 5.06. The Kier molecular flexibility index (Phi) is 3.26. The summed E-state index contributed by atoms with van der Waals surface area (Å²) in [5.41, 5.74) is 5.71. The van der Waals surface area contributed by atoms with Crippen LogP contribution in [0.4, 0.5) is 0 Å². The molecule has 2 unspecified atom stereocenters. The maximum atomic E-state index is 11.7. The molecule has 1 aliphatic heterocycles. The van der Waals surface area contributed by atoms with Crippen molar-refractivity contribution in [3.63, 3.8) is 0 Å². The van der Waals surface area contributed by atoms with E-state index in [2.05, 4.69) is 17.1 Å². The Morgan fingerprint density at radius 3 is 2.73 bits per heavy atom. The molecule has 2 atom stereocenters. The third-order valence-electron chi connectivity index (χ3n) is 3.71. The zero-order valence-electron chi connectivity index (χ0n) is 9.41. The number of hydrogen-bond acceptors (Lipinski definition) is 3. The van der Waals surface area contributed by atoms with Crippen LogP contribution in [0.1, 0.15) is 32.6 Å². The molecule has 4 heteroatoms. The van der Waals surface area contributed by atoms with Gasteiger partial charge in [-0.2, -0.15) is 0 Å². The lowest BCUT2D eigenvalue weighted by molar-refractivity contribution is -0.132. The number of amides is 1. The van der Waals surface area contributed by atoms with Gasteiger partial charge in [-0.15, -0.1) is 0 Å². The van der Waals surface area contributed by atoms with Crippen molar-refractivity contribution in [2.75, 3.05) is 13.1 Å². The van der Waals surface area contributed by atoms with E-state index in [9.17, 15) is 4.79 Å². The quantitative estimate of drug-likeness (QED) is 0.680. The van der Waals surface area contributed by atoms with Crippen molar-refractivity contribution in [3.8, 4) is 0 Å². The molecule has 1 saturated carbocycles. The molecule has 2 aliphatic rings. The first kappa shape index (κ1) is 10.9. The van der Waals surface area contributed by atoms with Crippen LogP contribution in [0.2, 0.25) is 0 Å². The molecule has 0 aromatic carbocycles. The summed E-state index contributed by atoms with van der Waals surface area (Å²) < 4.78 is 0. The number of rotatable bonds is 2. The van der Waals surface area contributed by atoms with Crippen molar-refractivity contribution >= 4 is 5.91 Å². The van der Waals surface area contributed by atoms with E-state index >= 15 is 0 Å². The van der Waals surface area contributed by atoms with Gasteiger partial charge in [-0.1, -0.05) is 12.8 Å². The second kappa shape index (κ2) is 4.49. The van der Waals surface area contributed by atoms with Gasteiger partial charge in [0.05, 0.1) is 0 Å². The molecule has 2 fully saturated rings. The molecule has 1 aliphatic carbocycles. The lowest BCUT2D eigenvalue weighted by atomic mass is 10.0. The summed E-state index contributed by atoms with van der Waals surface area (Å²) in [6.45, 7) is 3.39. The van der Waals surface area contributed by atoms with E-state index in [1.165, 1.54) is 25.7 Å². The number of nitrogens with two attached hydrogens (primary N) is 1. The van der Waals surface area contributed by atoms with Crippen LogP contribution in [0.3, 0.4) is 0 Å². The Bertz CT molecular complexity index is 238. The molecule has 3 N–H and O–H groups in total. The van der Waals surface area contributed by atoms with Crippen LogP contribution >= 0.6 is 0 Å². The van der Waals surface area contributed by atoms with E-state index in [0.717, 1.165) is 6.54 Å². The Hall–Kier alpha value is -0.610. The third kappa shape index (κ3) is 2.01. The molecule has 1 saturated heterocycles. The van der Waals surface area contributed by atoms with Gasteiger partial charge in [0.15, 0.2) is 0 Å². The van der Waals surface area contributed by atoms with Crippen LogP contribution in [-0.2, 0) is 4.79 Å². The van der Waals surface area contributed by atoms with E-state index in [0.29, 0.717) is 18.6 Å². The molecular formula is C11H21N3O. The molecular weight excluding hydrogens is 190 g/mol. The minimum Gasteiger partial charge on any atom is -0.353 e. The van der Waals surface area contributed by atoms with Crippen LogP contribution in [0.15, 0.2) is 0 Å². The van der Waals surface area contributed by atoms with Crippen molar-refractivity contribution in [3.05, 3.63) is 0 Å². The fourth-order valence-corrected chi connectivity index (χ4v) is 2.96. The lowest BCUT2D eigenvalue weighted by Gasteiger charge is -2.43. The summed E-state index contributed by atoms with van der Waals surface area (Å²) in [5, 5.41) is 2.93. The van der Waals surface area contributed by atoms with Gasteiger partial charge in [-0.25, -0.2) is 0 Å². The average molecular weight is 211 g/mol. The smallest absolute Gasteiger partial charge is 0.238 e. The van der Waals surface area contributed by atoms with E-state index in [1.54, 1.807) is 0 Å². The highest BCUT2D eigenvalue weighted by atomic mass is 16.2. The Morgan fingerprint density at radius 2 is 2.13 bits per heavy atom. The summed E-state index contributed by atoms with van der Waals surface area (Å²) in [6, 6.07) is 0.913. The predicted molar refractivity (Wildman–Crippen MR) is 59.4 cm³/mol. The van der Waals surface area contributed by atoms with Crippen LogP contribution in [-0.4, -0.2) is 42.0 Å². The van der Waals surface area contributed by atoms with Crippen molar-refractivity contribution in [2.24, 2.45) is 5.73 Å². The van der Waals surface area contributed by atoms with Crippen molar-refractivity contribution < 1.29 is 4.79 Å². The number of hydrogen-bond donors (Lipinski definition) is 2. The Labute approximate surface area is 91.2 Å². The van der Waals surface area contributed by atoms with Gasteiger partial charge < -0.3 is 11.1 Å². The summed E-state index contributed by atoms with van der Waals surface area (Å²) >= 11 is 0. The fourth-order valence-electron chi connectivity index (χ4n) is 2.96. The third-order valence-corrected chi connectivity index (χ3v) is 3.71. The molecule has 15 heavy (non-hydrogen) atoms. The van der Waals surface area contributed by atoms with E-state index in [-0.39, 0.29) is 11.9 Å². The van der Waals surface area contributed by atoms with Gasteiger partial charge in [0, 0.05) is 25.2 Å². The molecule has 0 aromatic rings. The Balaban J connectivity index is 2.11. The molecule has 0 radical (unpaired) electrons. The van der Waals surface area contributed by atoms with Crippen molar-refractivity contribution in [1.82, 2.24) is 10.2 Å². The van der Waals surface area contributed by atoms with Gasteiger partial charge in [-0.05, 0) is 19.8 Å². The monoisotopic (exact) mass is 211 g/mol. The number of nitrogens with one attached hydrogen (secondary N) is 1. The minimum atomic E-state index is -0.100. The fraction of sp³-hybridized carbons (Fsp3) is 0.909. The molecule has 0 aromatic heterocycles. The number of carbonyl (C=O) groups excluding carboxylic acids is 1. The second-order valence-electron chi connectivity index (χ2n) is 4.73. The van der Waals surface area contributed by atoms with E-state index in [1.807, 2.05) is 0 Å². The minimum absolute atomic E-state index is 0.100. The normalized spacial score (nSPS) is 34.4. The Morgan fingerprint density at radius 1 is 1.47 bits per heavy atom. The van der Waals surface area contributed by atoms with Crippen molar-refractivity contribution in [2.45, 2.75) is 50.7 Å². The number of piperazine rings is 1. The highest BCUT2D eigenvalue weighted by Crippen LogP contribution is 2.27. The largest absolute Gasteiger partial charge is 0.353 e. The topological polar surface area (TPSA) is 58.4 Å². The first-order chi connectivity index (χ1) is 7.24. The first-order valence-corrected chi connectivity index (χ1v) is 5.99. The summed E-state index contributed by atoms with van der Waals surface area (Å²) in [7, 11) is 0. The van der Waals surface area contributed by atoms with Gasteiger partial charge in [0.2, 0.25) is 5.91 Å². The predicted octanol–water partition coefficient (Wildman–Crippen LogP) is 0.0766. The maximum Gasteiger partial charge on any atom is 0.238 e.